The van der Waals surface area contributed by atoms with E-state index in [4.69, 9.17) is 5.73 Å². The third kappa shape index (κ3) is 2.61. The molecule has 0 saturated carbocycles. The Kier molecular flexibility index (Phi) is 3.80. The molecule has 0 unspecified atom stereocenters. The Morgan fingerprint density at radius 2 is 1.72 bits per heavy atom. The van der Waals surface area contributed by atoms with Gasteiger partial charge >= 0.3 is 0 Å². The summed E-state index contributed by atoms with van der Waals surface area (Å²) in [4.78, 5) is 12.1. The van der Waals surface area contributed by atoms with Gasteiger partial charge in [-0.2, -0.15) is 0 Å². The zero-order chi connectivity index (χ0) is 17.6. The number of primary amides is 1. The predicted octanol–water partition coefficient (Wildman–Crippen LogP) is 2.17. The van der Waals surface area contributed by atoms with Gasteiger partial charge in [0.05, 0.1) is 10.6 Å². The van der Waals surface area contributed by atoms with Crippen molar-refractivity contribution in [3.8, 4) is 0 Å². The fourth-order valence-corrected chi connectivity index (χ4v) is 5.56. The molecule has 2 N–H and O–H groups in total. The molecule has 130 valence electrons. The Bertz CT molecular complexity index is 953. The number of hydrogen-bond acceptors (Lipinski definition) is 3. The summed E-state index contributed by atoms with van der Waals surface area (Å²) in [6, 6.07) is 11.6. The molecule has 2 aliphatic rings. The molecule has 1 atom stereocenters. The molecule has 5 nitrogen and oxygen atoms in total. The van der Waals surface area contributed by atoms with Crippen LogP contribution in [0.1, 0.15) is 29.5 Å². The summed E-state index contributed by atoms with van der Waals surface area (Å²) >= 11 is 0. The molecular formula is C19H20N2O3S. The number of rotatable bonds is 3. The fourth-order valence-electron chi connectivity index (χ4n) is 3.85. The molecule has 0 aromatic heterocycles. The summed E-state index contributed by atoms with van der Waals surface area (Å²) in [6.45, 7) is 0. The first-order valence-electron chi connectivity index (χ1n) is 8.52. The van der Waals surface area contributed by atoms with E-state index in [9.17, 15) is 13.2 Å². The minimum Gasteiger partial charge on any atom is -0.368 e. The highest BCUT2D eigenvalue weighted by atomic mass is 32.2. The topological polar surface area (TPSA) is 80.5 Å². The Morgan fingerprint density at radius 3 is 2.48 bits per heavy atom. The normalized spacial score (nSPS) is 19.4. The summed E-state index contributed by atoms with van der Waals surface area (Å²) in [7, 11) is -3.85. The number of fused-ring (bicyclic) bond motifs is 2. The second kappa shape index (κ2) is 5.88. The van der Waals surface area contributed by atoms with Crippen LogP contribution in [0, 0.1) is 0 Å². The van der Waals surface area contributed by atoms with Gasteiger partial charge in [0.15, 0.2) is 0 Å². The average Bonchev–Trinajstić information content (AvgIpc) is 3.02. The van der Waals surface area contributed by atoms with Gasteiger partial charge in [-0.3, -0.25) is 9.10 Å². The van der Waals surface area contributed by atoms with Crippen LogP contribution in [0.15, 0.2) is 47.4 Å². The van der Waals surface area contributed by atoms with Crippen molar-refractivity contribution in [2.75, 3.05) is 4.31 Å². The van der Waals surface area contributed by atoms with Crippen LogP contribution in [-0.2, 0) is 34.1 Å². The standard InChI is InChI=1S/C19H20N2O3S/c20-19(22)18-12-15-7-3-4-8-17(15)21(18)25(23,24)16-10-9-13-5-1-2-6-14(13)11-16/h3-4,7-11,18H,1-2,5-6,12H2,(H2,20,22)/t18-/m0/s1. The predicted molar refractivity (Wildman–Crippen MR) is 95.9 cm³/mol. The lowest BCUT2D eigenvalue weighted by molar-refractivity contribution is -0.118. The van der Waals surface area contributed by atoms with Gasteiger partial charge in [-0.1, -0.05) is 24.3 Å². The third-order valence-electron chi connectivity index (χ3n) is 5.13. The van der Waals surface area contributed by atoms with Crippen molar-refractivity contribution in [3.05, 3.63) is 59.2 Å². The van der Waals surface area contributed by atoms with E-state index in [1.165, 1.54) is 9.87 Å². The fraction of sp³-hybridized carbons (Fsp3) is 0.316. The molecule has 0 spiro atoms. The molecule has 1 aliphatic heterocycles. The van der Waals surface area contributed by atoms with Crippen molar-refractivity contribution in [2.45, 2.75) is 43.0 Å². The number of benzene rings is 2. The summed E-state index contributed by atoms with van der Waals surface area (Å²) in [6.07, 6.45) is 4.42. The largest absolute Gasteiger partial charge is 0.368 e. The van der Waals surface area contributed by atoms with Gasteiger partial charge in [-0.05, 0) is 60.6 Å². The number of aryl methyl sites for hydroxylation is 2. The SMILES string of the molecule is NC(=O)[C@@H]1Cc2ccccc2N1S(=O)(=O)c1ccc2c(c1)CCCC2. The van der Waals surface area contributed by atoms with E-state index < -0.39 is 22.0 Å². The maximum absolute atomic E-state index is 13.3. The van der Waals surface area contributed by atoms with E-state index in [2.05, 4.69) is 0 Å². The number of sulfonamides is 1. The molecule has 0 fully saturated rings. The number of nitrogens with two attached hydrogens (primary N) is 1. The first-order valence-corrected chi connectivity index (χ1v) is 9.96. The number of hydrogen-bond donors (Lipinski definition) is 1. The zero-order valence-electron chi connectivity index (χ0n) is 13.8. The first kappa shape index (κ1) is 16.1. The molecule has 25 heavy (non-hydrogen) atoms. The van der Waals surface area contributed by atoms with Gasteiger partial charge in [0.1, 0.15) is 6.04 Å². The van der Waals surface area contributed by atoms with Crippen LogP contribution in [0.4, 0.5) is 5.69 Å². The molecule has 2 aromatic carbocycles. The van der Waals surface area contributed by atoms with Gasteiger partial charge in [0.2, 0.25) is 5.91 Å². The van der Waals surface area contributed by atoms with Gasteiger partial charge in [0, 0.05) is 6.42 Å². The summed E-state index contributed by atoms with van der Waals surface area (Å²) in [5, 5.41) is 0. The molecule has 0 radical (unpaired) electrons. The highest BCUT2D eigenvalue weighted by Gasteiger charge is 2.41. The molecular weight excluding hydrogens is 336 g/mol. The first-order chi connectivity index (χ1) is 12.0. The number of para-hydroxylation sites is 1. The Hall–Kier alpha value is -2.34. The molecule has 1 amide bonds. The molecule has 0 saturated heterocycles. The second-order valence-corrected chi connectivity index (χ2v) is 8.50. The van der Waals surface area contributed by atoms with E-state index in [0.717, 1.165) is 36.8 Å². The molecule has 1 heterocycles. The quantitative estimate of drug-likeness (QED) is 0.915. The second-order valence-electron chi connectivity index (χ2n) is 6.69. The van der Waals surface area contributed by atoms with Crippen molar-refractivity contribution in [1.29, 1.82) is 0 Å². The van der Waals surface area contributed by atoms with Crippen molar-refractivity contribution in [2.24, 2.45) is 5.73 Å². The summed E-state index contributed by atoms with van der Waals surface area (Å²) in [5.74, 6) is -0.627. The maximum atomic E-state index is 13.3. The molecule has 0 bridgehead atoms. The minimum absolute atomic E-state index is 0.233. The zero-order valence-corrected chi connectivity index (χ0v) is 14.6. The molecule has 2 aromatic rings. The van der Waals surface area contributed by atoms with Crippen molar-refractivity contribution in [1.82, 2.24) is 0 Å². The van der Waals surface area contributed by atoms with Gasteiger partial charge in [-0.25, -0.2) is 8.42 Å². The van der Waals surface area contributed by atoms with Crippen molar-refractivity contribution in [3.63, 3.8) is 0 Å². The highest BCUT2D eigenvalue weighted by Crippen LogP contribution is 2.37. The van der Waals surface area contributed by atoms with Crippen LogP contribution in [-0.4, -0.2) is 20.4 Å². The number of amides is 1. The number of nitrogens with zero attached hydrogens (tertiary/aromatic N) is 1. The third-order valence-corrected chi connectivity index (χ3v) is 6.95. The lowest BCUT2D eigenvalue weighted by Crippen LogP contribution is -2.46. The van der Waals surface area contributed by atoms with Gasteiger partial charge in [-0.15, -0.1) is 0 Å². The maximum Gasteiger partial charge on any atom is 0.265 e. The highest BCUT2D eigenvalue weighted by molar-refractivity contribution is 7.93. The van der Waals surface area contributed by atoms with Gasteiger partial charge < -0.3 is 5.73 Å². The van der Waals surface area contributed by atoms with Crippen LogP contribution in [0.3, 0.4) is 0 Å². The lowest BCUT2D eigenvalue weighted by Gasteiger charge is -2.26. The Morgan fingerprint density at radius 1 is 1.00 bits per heavy atom. The van der Waals surface area contributed by atoms with E-state index in [0.29, 0.717) is 12.1 Å². The van der Waals surface area contributed by atoms with Crippen molar-refractivity contribution < 1.29 is 13.2 Å². The Labute approximate surface area is 147 Å². The smallest absolute Gasteiger partial charge is 0.265 e. The van der Waals surface area contributed by atoms with E-state index in [1.54, 1.807) is 24.3 Å². The minimum atomic E-state index is -3.85. The van der Waals surface area contributed by atoms with Crippen LogP contribution in [0.25, 0.3) is 0 Å². The van der Waals surface area contributed by atoms with E-state index >= 15 is 0 Å². The van der Waals surface area contributed by atoms with E-state index in [-0.39, 0.29) is 4.90 Å². The number of carbonyl (C=O) groups is 1. The Balaban J connectivity index is 1.82. The van der Waals surface area contributed by atoms with Crippen LogP contribution >= 0.6 is 0 Å². The lowest BCUT2D eigenvalue weighted by atomic mass is 9.92. The average molecular weight is 356 g/mol. The van der Waals surface area contributed by atoms with Crippen molar-refractivity contribution >= 4 is 21.6 Å². The van der Waals surface area contributed by atoms with E-state index in [1.807, 2.05) is 18.2 Å². The van der Waals surface area contributed by atoms with Crippen LogP contribution in [0.2, 0.25) is 0 Å². The molecule has 4 rings (SSSR count). The van der Waals surface area contributed by atoms with Crippen LogP contribution in [0.5, 0.6) is 0 Å². The van der Waals surface area contributed by atoms with Gasteiger partial charge in [0.25, 0.3) is 10.0 Å². The summed E-state index contributed by atoms with van der Waals surface area (Å²) < 4.78 is 27.8. The number of anilines is 1. The monoisotopic (exact) mass is 356 g/mol. The molecule has 1 aliphatic carbocycles. The van der Waals surface area contributed by atoms with Crippen LogP contribution < -0.4 is 10.0 Å². The molecule has 6 heteroatoms. The number of carbonyl (C=O) groups excluding carboxylic acids is 1. The summed E-state index contributed by atoms with van der Waals surface area (Å²) in [5.41, 5.74) is 9.19.